The molecule has 3 N–H and O–H groups in total. The molecule has 0 fully saturated rings. The van der Waals surface area contributed by atoms with Crippen LogP contribution in [0.5, 0.6) is 0 Å². The van der Waals surface area contributed by atoms with Gasteiger partial charge in [-0.1, -0.05) is 239 Å². The van der Waals surface area contributed by atoms with E-state index < -0.39 is 18.2 Å². The zero-order valence-electron chi connectivity index (χ0n) is 39.2. The van der Waals surface area contributed by atoms with Gasteiger partial charge < -0.3 is 20.3 Å². The van der Waals surface area contributed by atoms with Gasteiger partial charge in [0.2, 0.25) is 5.91 Å². The third kappa shape index (κ3) is 43.0. The molecule has 0 heterocycles. The standard InChI is InChI=1S/C55H91NO5/c1-4-7-10-13-16-19-22-25-27-30-33-36-39-42-45-48-55(60)61-51(46-43-40-37-34-31-28-24-21-18-15-12-9-6-3)49-54(59)56-52(50-57)53(58)47-44-41-38-35-32-29-26-23-20-17-14-11-8-5-2/h7,9-10,12-13,15-16,18-19,21-22,24-25,27-28,31,34,37,51-53,57-58H,4-6,8,11,14,17,20,23,26,29-30,32-33,35-36,38-50H2,1-3H3,(H,56,59)/b10-7+,12-9+,16-13+,18-15+,22-19+,24-21-,27-25-,31-28-,37-34+. The number of esters is 1. The minimum atomic E-state index is -0.817. The van der Waals surface area contributed by atoms with E-state index in [0.717, 1.165) is 83.5 Å². The van der Waals surface area contributed by atoms with Crippen LogP contribution in [-0.2, 0) is 14.3 Å². The molecule has 0 aromatic heterocycles. The van der Waals surface area contributed by atoms with Crippen molar-refractivity contribution in [3.63, 3.8) is 0 Å². The van der Waals surface area contributed by atoms with Gasteiger partial charge in [-0.25, -0.2) is 0 Å². The Kier molecular flexibility index (Phi) is 44.9. The van der Waals surface area contributed by atoms with Crippen LogP contribution in [0.15, 0.2) is 109 Å². The van der Waals surface area contributed by atoms with Gasteiger partial charge in [0.1, 0.15) is 6.10 Å². The van der Waals surface area contributed by atoms with E-state index in [1.165, 1.54) is 70.6 Å². The van der Waals surface area contributed by atoms with E-state index in [2.05, 4.69) is 68.6 Å². The third-order valence-electron chi connectivity index (χ3n) is 10.6. The van der Waals surface area contributed by atoms with Gasteiger partial charge >= 0.3 is 5.97 Å². The highest BCUT2D eigenvalue weighted by Gasteiger charge is 2.24. The van der Waals surface area contributed by atoms with E-state index in [1.54, 1.807) is 0 Å². The van der Waals surface area contributed by atoms with Gasteiger partial charge in [0.05, 0.1) is 25.2 Å². The average molecular weight is 846 g/mol. The first-order chi connectivity index (χ1) is 30.0. The van der Waals surface area contributed by atoms with Gasteiger partial charge in [-0.15, -0.1) is 0 Å². The van der Waals surface area contributed by atoms with Crippen LogP contribution in [0.25, 0.3) is 0 Å². The molecule has 0 spiro atoms. The van der Waals surface area contributed by atoms with Gasteiger partial charge in [-0.2, -0.15) is 0 Å². The number of rotatable bonds is 42. The van der Waals surface area contributed by atoms with Gasteiger partial charge in [0.15, 0.2) is 0 Å². The molecule has 346 valence electrons. The fraction of sp³-hybridized carbons (Fsp3) is 0.636. The molecule has 1 amide bonds. The number of hydrogen-bond acceptors (Lipinski definition) is 5. The van der Waals surface area contributed by atoms with Gasteiger partial charge in [-0.3, -0.25) is 9.59 Å². The summed E-state index contributed by atoms with van der Waals surface area (Å²) < 4.78 is 5.87. The monoisotopic (exact) mass is 846 g/mol. The van der Waals surface area contributed by atoms with Crippen molar-refractivity contribution in [2.75, 3.05) is 6.61 Å². The van der Waals surface area contributed by atoms with Crippen molar-refractivity contribution in [2.45, 2.75) is 219 Å². The van der Waals surface area contributed by atoms with Crippen molar-refractivity contribution in [2.24, 2.45) is 0 Å². The minimum absolute atomic E-state index is 0.0120. The predicted molar refractivity (Wildman–Crippen MR) is 263 cm³/mol. The molecular formula is C55H91NO5. The maximum Gasteiger partial charge on any atom is 0.306 e. The largest absolute Gasteiger partial charge is 0.462 e. The lowest BCUT2D eigenvalue weighted by Crippen LogP contribution is -2.46. The van der Waals surface area contributed by atoms with Crippen LogP contribution >= 0.6 is 0 Å². The first kappa shape index (κ1) is 57.5. The molecule has 0 aromatic rings. The van der Waals surface area contributed by atoms with Crippen LogP contribution < -0.4 is 5.32 Å². The number of aliphatic hydroxyl groups excluding tert-OH is 2. The highest BCUT2D eigenvalue weighted by molar-refractivity contribution is 5.77. The van der Waals surface area contributed by atoms with E-state index in [0.29, 0.717) is 19.3 Å². The van der Waals surface area contributed by atoms with Crippen molar-refractivity contribution < 1.29 is 24.5 Å². The highest BCUT2D eigenvalue weighted by Crippen LogP contribution is 2.17. The molecule has 0 aliphatic carbocycles. The summed E-state index contributed by atoms with van der Waals surface area (Å²) in [6, 6.07) is -0.736. The predicted octanol–water partition coefficient (Wildman–Crippen LogP) is 14.7. The molecule has 0 aliphatic heterocycles. The maximum absolute atomic E-state index is 13.2. The normalized spacial score (nSPS) is 14.2. The van der Waals surface area contributed by atoms with Crippen molar-refractivity contribution in [1.82, 2.24) is 5.32 Å². The SMILES string of the molecule is CC/C=C/C=C/C=C\C=C/C=C/CCCC(CC(=O)NC(CO)C(O)CCCCCCCCCCCCCCCC)OC(=O)CCCCCCC\C=C/C=C/C=C/C=C/CC. The van der Waals surface area contributed by atoms with Gasteiger partial charge in [-0.05, 0) is 57.8 Å². The van der Waals surface area contributed by atoms with Crippen molar-refractivity contribution in [1.29, 1.82) is 0 Å². The van der Waals surface area contributed by atoms with E-state index >= 15 is 0 Å². The summed E-state index contributed by atoms with van der Waals surface area (Å²) in [6.07, 6.45) is 64.3. The fourth-order valence-corrected chi connectivity index (χ4v) is 6.88. The summed E-state index contributed by atoms with van der Waals surface area (Å²) in [5, 5.41) is 23.7. The van der Waals surface area contributed by atoms with Crippen molar-refractivity contribution in [3.8, 4) is 0 Å². The Bertz CT molecular complexity index is 1270. The lowest BCUT2D eigenvalue weighted by molar-refractivity contribution is -0.151. The fourth-order valence-electron chi connectivity index (χ4n) is 6.88. The van der Waals surface area contributed by atoms with Crippen LogP contribution in [0.4, 0.5) is 0 Å². The molecule has 3 atom stereocenters. The van der Waals surface area contributed by atoms with Crippen LogP contribution in [0.1, 0.15) is 201 Å². The number of nitrogens with one attached hydrogen (secondary N) is 1. The molecule has 6 nitrogen and oxygen atoms in total. The number of hydrogen-bond donors (Lipinski definition) is 3. The Morgan fingerprint density at radius 1 is 0.492 bits per heavy atom. The summed E-state index contributed by atoms with van der Waals surface area (Å²) in [4.78, 5) is 26.1. The molecule has 0 saturated heterocycles. The van der Waals surface area contributed by atoms with E-state index in [-0.39, 0.29) is 24.9 Å². The molecule has 3 unspecified atom stereocenters. The minimum Gasteiger partial charge on any atom is -0.462 e. The van der Waals surface area contributed by atoms with Crippen molar-refractivity contribution in [3.05, 3.63) is 109 Å². The first-order valence-electron chi connectivity index (χ1n) is 24.7. The Hall–Kier alpha value is -3.48. The van der Waals surface area contributed by atoms with Gasteiger partial charge in [0.25, 0.3) is 0 Å². The number of ether oxygens (including phenoxy) is 1. The number of unbranched alkanes of at least 4 members (excludes halogenated alkanes) is 19. The van der Waals surface area contributed by atoms with Crippen LogP contribution in [0.3, 0.4) is 0 Å². The zero-order chi connectivity index (χ0) is 44.5. The maximum atomic E-state index is 13.2. The summed E-state index contributed by atoms with van der Waals surface area (Å²) in [5.41, 5.74) is 0. The quantitative estimate of drug-likeness (QED) is 0.0323. The summed E-state index contributed by atoms with van der Waals surface area (Å²) in [6.45, 7) is 6.16. The molecule has 0 aromatic carbocycles. The van der Waals surface area contributed by atoms with Crippen molar-refractivity contribution >= 4 is 11.9 Å². The van der Waals surface area contributed by atoms with Crippen LogP contribution in [0.2, 0.25) is 0 Å². The molecule has 61 heavy (non-hydrogen) atoms. The molecule has 0 radical (unpaired) electrons. The molecular weight excluding hydrogens is 755 g/mol. The Labute approximate surface area is 375 Å². The second-order valence-electron chi connectivity index (χ2n) is 16.3. The van der Waals surface area contributed by atoms with Crippen LogP contribution in [-0.4, -0.2) is 46.9 Å². The second kappa shape index (κ2) is 47.6. The smallest absolute Gasteiger partial charge is 0.306 e. The number of carbonyl (C=O) groups excluding carboxylic acids is 2. The third-order valence-corrected chi connectivity index (χ3v) is 10.6. The van der Waals surface area contributed by atoms with E-state index in [1.807, 2.05) is 66.8 Å². The van der Waals surface area contributed by atoms with E-state index in [9.17, 15) is 19.8 Å². The number of allylic oxidation sites excluding steroid dienone is 18. The summed E-state index contributed by atoms with van der Waals surface area (Å²) >= 11 is 0. The average Bonchev–Trinajstić information content (AvgIpc) is 3.25. The lowest BCUT2D eigenvalue weighted by atomic mass is 10.0. The Morgan fingerprint density at radius 3 is 1.38 bits per heavy atom. The number of carbonyl (C=O) groups is 2. The molecule has 0 aliphatic rings. The summed E-state index contributed by atoms with van der Waals surface area (Å²) in [5.74, 6) is -0.584. The summed E-state index contributed by atoms with van der Waals surface area (Å²) in [7, 11) is 0. The Morgan fingerprint density at radius 2 is 0.902 bits per heavy atom. The molecule has 0 rings (SSSR count). The number of amides is 1. The molecule has 0 saturated carbocycles. The number of aliphatic hydroxyl groups is 2. The van der Waals surface area contributed by atoms with Gasteiger partial charge in [0, 0.05) is 6.42 Å². The van der Waals surface area contributed by atoms with Crippen LogP contribution in [0, 0.1) is 0 Å². The Balaban J connectivity index is 4.74. The lowest BCUT2D eigenvalue weighted by Gasteiger charge is -2.24. The second-order valence-corrected chi connectivity index (χ2v) is 16.3. The van der Waals surface area contributed by atoms with E-state index in [4.69, 9.17) is 4.74 Å². The highest BCUT2D eigenvalue weighted by atomic mass is 16.5. The zero-order valence-corrected chi connectivity index (χ0v) is 39.2. The molecule has 0 bridgehead atoms. The topological polar surface area (TPSA) is 95.9 Å². The first-order valence-corrected chi connectivity index (χ1v) is 24.7. The molecule has 6 heteroatoms.